The second kappa shape index (κ2) is 6.86. The van der Waals surface area contributed by atoms with E-state index >= 15 is 0 Å². The van der Waals surface area contributed by atoms with Crippen LogP contribution in [0.3, 0.4) is 0 Å². The van der Waals surface area contributed by atoms with Crippen LogP contribution >= 0.6 is 0 Å². The smallest absolute Gasteiger partial charge is 0.120 e. The lowest BCUT2D eigenvalue weighted by molar-refractivity contribution is -0.108. The molecule has 0 bridgehead atoms. The van der Waals surface area contributed by atoms with Gasteiger partial charge in [-0.05, 0) is 80.5 Å². The number of nitrogens with zero attached hydrogens (tertiary/aromatic N) is 1. The minimum atomic E-state index is 0.668. The quantitative estimate of drug-likeness (QED) is 0.694. The average Bonchev–Trinajstić information content (AvgIpc) is 3.32. The van der Waals surface area contributed by atoms with Gasteiger partial charge in [-0.25, -0.2) is 0 Å². The number of carbonyl (C=O) groups excluding carboxylic acids is 1. The number of carbonyl (C=O) groups is 1. The van der Waals surface area contributed by atoms with E-state index in [1.54, 1.807) is 0 Å². The van der Waals surface area contributed by atoms with Gasteiger partial charge < -0.3 is 4.79 Å². The molecule has 4 atom stereocenters. The van der Waals surface area contributed by atoms with Gasteiger partial charge in [-0.3, -0.25) is 4.90 Å². The number of hydrogen-bond acceptors (Lipinski definition) is 2. The third-order valence-electron chi connectivity index (χ3n) is 7.76. The normalized spacial score (nSPS) is 44.9. The van der Waals surface area contributed by atoms with Gasteiger partial charge in [0.1, 0.15) is 6.29 Å². The van der Waals surface area contributed by atoms with Crippen molar-refractivity contribution in [2.75, 3.05) is 13.1 Å². The van der Waals surface area contributed by atoms with E-state index in [9.17, 15) is 4.79 Å². The summed E-state index contributed by atoms with van der Waals surface area (Å²) in [6.45, 7) is 4.99. The standard InChI is InChI=1S/C21H35NO/c1-15-2-6-17(7-3-15)18-8-9-21-20(12-18)19(10-11-23)14-22(21)13-16-4-5-16/h11,15-21H,2-10,12-14H2,1H3. The van der Waals surface area contributed by atoms with Crippen LogP contribution in [0, 0.1) is 35.5 Å². The number of hydrogen-bond donors (Lipinski definition) is 0. The molecule has 0 aromatic rings. The molecule has 3 aliphatic carbocycles. The molecule has 0 amide bonds. The van der Waals surface area contributed by atoms with E-state index in [2.05, 4.69) is 11.8 Å². The SMILES string of the molecule is CC1CCC(C2CCC3C(C2)C(CC=O)CN3CC2CC2)CC1. The fourth-order valence-electron chi connectivity index (χ4n) is 6.16. The first-order valence-corrected chi connectivity index (χ1v) is 10.4. The Morgan fingerprint density at radius 1 is 0.957 bits per heavy atom. The maximum atomic E-state index is 11.2. The topological polar surface area (TPSA) is 20.3 Å². The first-order chi connectivity index (χ1) is 11.2. The summed E-state index contributed by atoms with van der Waals surface area (Å²) < 4.78 is 0. The molecule has 4 unspecified atom stereocenters. The van der Waals surface area contributed by atoms with E-state index in [4.69, 9.17) is 0 Å². The van der Waals surface area contributed by atoms with E-state index in [1.807, 2.05) is 0 Å². The van der Waals surface area contributed by atoms with Gasteiger partial charge in [0.2, 0.25) is 0 Å². The van der Waals surface area contributed by atoms with Gasteiger partial charge in [-0.1, -0.05) is 19.8 Å². The summed E-state index contributed by atoms with van der Waals surface area (Å²) in [5.41, 5.74) is 0. The molecule has 1 aliphatic heterocycles. The lowest BCUT2D eigenvalue weighted by Gasteiger charge is -2.41. The maximum Gasteiger partial charge on any atom is 0.120 e. The van der Waals surface area contributed by atoms with Crippen LogP contribution < -0.4 is 0 Å². The zero-order valence-electron chi connectivity index (χ0n) is 15.0. The molecule has 4 rings (SSSR count). The lowest BCUT2D eigenvalue weighted by atomic mass is 9.66. The summed E-state index contributed by atoms with van der Waals surface area (Å²) in [5.74, 6) is 5.42. The van der Waals surface area contributed by atoms with Crippen LogP contribution in [0.1, 0.15) is 71.1 Å². The molecule has 2 nitrogen and oxygen atoms in total. The Morgan fingerprint density at radius 3 is 2.39 bits per heavy atom. The van der Waals surface area contributed by atoms with Crippen molar-refractivity contribution in [3.8, 4) is 0 Å². The molecule has 4 fully saturated rings. The van der Waals surface area contributed by atoms with Crippen molar-refractivity contribution in [1.82, 2.24) is 4.90 Å². The zero-order chi connectivity index (χ0) is 15.8. The zero-order valence-corrected chi connectivity index (χ0v) is 15.0. The van der Waals surface area contributed by atoms with Gasteiger partial charge in [0.05, 0.1) is 0 Å². The second-order valence-electron chi connectivity index (χ2n) is 9.38. The van der Waals surface area contributed by atoms with Crippen LogP contribution in [-0.2, 0) is 4.79 Å². The van der Waals surface area contributed by atoms with E-state index in [-0.39, 0.29) is 0 Å². The molecule has 0 aromatic heterocycles. The summed E-state index contributed by atoms with van der Waals surface area (Å²) in [4.78, 5) is 14.0. The molecule has 23 heavy (non-hydrogen) atoms. The van der Waals surface area contributed by atoms with E-state index in [1.165, 1.54) is 77.2 Å². The van der Waals surface area contributed by atoms with Gasteiger partial charge >= 0.3 is 0 Å². The molecule has 0 N–H and O–H groups in total. The first-order valence-electron chi connectivity index (χ1n) is 10.4. The predicted octanol–water partition coefficient (Wildman–Crippen LogP) is 4.53. The number of fused-ring (bicyclic) bond motifs is 1. The Hall–Kier alpha value is -0.370. The molecular weight excluding hydrogens is 282 g/mol. The summed E-state index contributed by atoms with van der Waals surface area (Å²) in [5, 5.41) is 0. The number of likely N-dealkylation sites (tertiary alicyclic amines) is 1. The largest absolute Gasteiger partial charge is 0.303 e. The summed E-state index contributed by atoms with van der Waals surface area (Å²) in [7, 11) is 0. The summed E-state index contributed by atoms with van der Waals surface area (Å²) in [6.07, 6.45) is 15.1. The predicted molar refractivity (Wildman–Crippen MR) is 94.2 cm³/mol. The van der Waals surface area contributed by atoms with E-state index in [0.29, 0.717) is 5.92 Å². The third-order valence-corrected chi connectivity index (χ3v) is 7.76. The molecule has 0 aromatic carbocycles. The molecule has 0 spiro atoms. The minimum absolute atomic E-state index is 0.668. The molecule has 130 valence electrons. The first kappa shape index (κ1) is 16.1. The van der Waals surface area contributed by atoms with Crippen molar-refractivity contribution in [3.63, 3.8) is 0 Å². The van der Waals surface area contributed by atoms with Crippen LogP contribution in [0.25, 0.3) is 0 Å². The highest BCUT2D eigenvalue weighted by Crippen LogP contribution is 2.48. The van der Waals surface area contributed by atoms with Gasteiger partial charge in [-0.2, -0.15) is 0 Å². The van der Waals surface area contributed by atoms with Crippen LogP contribution in [0.4, 0.5) is 0 Å². The monoisotopic (exact) mass is 317 g/mol. The minimum Gasteiger partial charge on any atom is -0.303 e. The van der Waals surface area contributed by atoms with E-state index in [0.717, 1.165) is 42.1 Å². The molecule has 3 saturated carbocycles. The van der Waals surface area contributed by atoms with Gasteiger partial charge in [-0.15, -0.1) is 0 Å². The second-order valence-corrected chi connectivity index (χ2v) is 9.38. The number of rotatable bonds is 5. The van der Waals surface area contributed by atoms with Gasteiger partial charge in [0.15, 0.2) is 0 Å². The lowest BCUT2D eigenvalue weighted by Crippen LogP contribution is -2.39. The fraction of sp³-hybridized carbons (Fsp3) is 0.952. The van der Waals surface area contributed by atoms with Crippen LogP contribution in [0.2, 0.25) is 0 Å². The summed E-state index contributed by atoms with van der Waals surface area (Å²) in [6, 6.07) is 0.819. The van der Waals surface area contributed by atoms with Crippen molar-refractivity contribution in [2.45, 2.75) is 77.2 Å². The molecule has 2 heteroatoms. The van der Waals surface area contributed by atoms with Gasteiger partial charge in [0, 0.05) is 25.6 Å². The molecule has 0 radical (unpaired) electrons. The van der Waals surface area contributed by atoms with Crippen LogP contribution in [0.15, 0.2) is 0 Å². The molecule has 4 aliphatic rings. The maximum absolute atomic E-state index is 11.2. The Bertz CT molecular complexity index is 410. The summed E-state index contributed by atoms with van der Waals surface area (Å²) >= 11 is 0. The Labute approximate surface area is 142 Å². The molecule has 1 saturated heterocycles. The van der Waals surface area contributed by atoms with Crippen LogP contribution in [-0.4, -0.2) is 30.3 Å². The highest BCUT2D eigenvalue weighted by molar-refractivity contribution is 5.50. The van der Waals surface area contributed by atoms with Crippen molar-refractivity contribution in [2.24, 2.45) is 35.5 Å². The Balaban J connectivity index is 1.40. The van der Waals surface area contributed by atoms with Crippen molar-refractivity contribution in [1.29, 1.82) is 0 Å². The van der Waals surface area contributed by atoms with Crippen molar-refractivity contribution in [3.05, 3.63) is 0 Å². The van der Waals surface area contributed by atoms with E-state index < -0.39 is 0 Å². The van der Waals surface area contributed by atoms with Crippen molar-refractivity contribution >= 4 is 6.29 Å². The molecule has 1 heterocycles. The van der Waals surface area contributed by atoms with Gasteiger partial charge in [0.25, 0.3) is 0 Å². The Morgan fingerprint density at radius 2 is 1.70 bits per heavy atom. The highest BCUT2D eigenvalue weighted by Gasteiger charge is 2.46. The number of aldehydes is 1. The van der Waals surface area contributed by atoms with Crippen molar-refractivity contribution < 1.29 is 4.79 Å². The molecular formula is C21H35NO. The Kier molecular flexibility index (Phi) is 4.81. The average molecular weight is 318 g/mol. The fourth-order valence-corrected chi connectivity index (χ4v) is 6.16. The van der Waals surface area contributed by atoms with Crippen LogP contribution in [0.5, 0.6) is 0 Å². The third kappa shape index (κ3) is 3.52. The highest BCUT2D eigenvalue weighted by atomic mass is 16.1.